The molecule has 0 bridgehead atoms. The molecule has 2 rings (SSSR count). The Morgan fingerprint density at radius 3 is 2.65 bits per heavy atom. The van der Waals surface area contributed by atoms with Crippen LogP contribution in [-0.2, 0) is 6.42 Å². The number of hydrogen-bond acceptors (Lipinski definition) is 1. The van der Waals surface area contributed by atoms with Gasteiger partial charge >= 0.3 is 0 Å². The molecule has 106 valence electrons. The molecule has 0 radical (unpaired) electrons. The first-order valence-electron chi connectivity index (χ1n) is 6.08. The van der Waals surface area contributed by atoms with Gasteiger partial charge in [0, 0.05) is 9.61 Å². The quantitative estimate of drug-likeness (QED) is 0.723. The van der Waals surface area contributed by atoms with Gasteiger partial charge in [0.1, 0.15) is 11.6 Å². The molecule has 0 aliphatic rings. The van der Waals surface area contributed by atoms with Crippen molar-refractivity contribution in [3.8, 4) is 0 Å². The average Bonchev–Trinajstić information content (AvgIpc) is 2.41. The van der Waals surface area contributed by atoms with E-state index in [4.69, 9.17) is 11.6 Å². The third kappa shape index (κ3) is 3.48. The van der Waals surface area contributed by atoms with Crippen molar-refractivity contribution in [3.05, 3.63) is 67.8 Å². The molecule has 1 nitrogen and oxygen atoms in total. The molecule has 5 heteroatoms. The molecule has 1 atom stereocenters. The Kier molecular flexibility index (Phi) is 5.35. The first kappa shape index (κ1) is 15.7. The van der Waals surface area contributed by atoms with Gasteiger partial charge in [0.15, 0.2) is 0 Å². The zero-order chi connectivity index (χ0) is 14.7. The molecule has 1 N–H and O–H groups in total. The van der Waals surface area contributed by atoms with Crippen LogP contribution in [0.2, 0.25) is 5.02 Å². The first-order valence-corrected chi connectivity index (χ1v) is 7.53. The molecule has 20 heavy (non-hydrogen) atoms. The van der Waals surface area contributed by atoms with Crippen LogP contribution in [0.25, 0.3) is 0 Å². The maximum Gasteiger partial charge on any atom is 0.142 e. The fourth-order valence-corrected chi connectivity index (χ4v) is 3.13. The molecule has 1 unspecified atom stereocenters. The number of nitrogens with one attached hydrogen (secondary N) is 1. The highest BCUT2D eigenvalue weighted by Gasteiger charge is 2.16. The van der Waals surface area contributed by atoms with Gasteiger partial charge in [-0.3, -0.25) is 0 Å². The number of rotatable bonds is 4. The predicted octanol–water partition coefficient (Wildman–Crippen LogP) is 4.73. The van der Waals surface area contributed by atoms with E-state index in [0.717, 1.165) is 14.7 Å². The van der Waals surface area contributed by atoms with E-state index < -0.39 is 5.82 Å². The standard InChI is InChI=1S/C15H13ClF2IN/c1-20-14(11-6-5-10(17)8-13(11)19)7-9-3-2-4-12(18)15(9)16/h2-6,8,14,20H,7H2,1H3. The van der Waals surface area contributed by atoms with Gasteiger partial charge < -0.3 is 5.32 Å². The Morgan fingerprint density at radius 1 is 1.25 bits per heavy atom. The predicted molar refractivity (Wildman–Crippen MR) is 86.0 cm³/mol. The largest absolute Gasteiger partial charge is 0.313 e. The normalized spacial score (nSPS) is 12.4. The lowest BCUT2D eigenvalue weighted by Crippen LogP contribution is -2.20. The number of likely N-dealkylation sites (N-methyl/N-ethyl adjacent to an activating group) is 1. The Balaban J connectivity index is 2.31. The maximum absolute atomic E-state index is 13.5. The summed E-state index contributed by atoms with van der Waals surface area (Å²) in [5, 5.41) is 3.31. The number of hydrogen-bond donors (Lipinski definition) is 1. The molecule has 0 saturated carbocycles. The summed E-state index contributed by atoms with van der Waals surface area (Å²) in [5.74, 6) is -0.690. The summed E-state index contributed by atoms with van der Waals surface area (Å²) in [6.45, 7) is 0. The minimum absolute atomic E-state index is 0.0539. The Hall–Kier alpha value is -0.720. The topological polar surface area (TPSA) is 12.0 Å². The summed E-state index contributed by atoms with van der Waals surface area (Å²) in [7, 11) is 1.82. The van der Waals surface area contributed by atoms with Crippen molar-refractivity contribution in [1.29, 1.82) is 0 Å². The van der Waals surface area contributed by atoms with Gasteiger partial charge in [-0.05, 0) is 65.4 Å². The van der Waals surface area contributed by atoms with Crippen molar-refractivity contribution in [1.82, 2.24) is 5.32 Å². The summed E-state index contributed by atoms with van der Waals surface area (Å²) >= 11 is 8.08. The van der Waals surface area contributed by atoms with E-state index in [-0.39, 0.29) is 16.9 Å². The van der Waals surface area contributed by atoms with Gasteiger partial charge in [-0.2, -0.15) is 0 Å². The molecule has 0 heterocycles. The Bertz CT molecular complexity index is 619. The minimum atomic E-state index is -0.423. The lowest BCUT2D eigenvalue weighted by atomic mass is 9.99. The molecule has 0 amide bonds. The van der Waals surface area contributed by atoms with E-state index >= 15 is 0 Å². The molecule has 0 saturated heterocycles. The van der Waals surface area contributed by atoms with E-state index in [2.05, 4.69) is 27.9 Å². The fraction of sp³-hybridized carbons (Fsp3) is 0.200. The van der Waals surface area contributed by atoms with Crippen molar-refractivity contribution < 1.29 is 8.78 Å². The van der Waals surface area contributed by atoms with Crippen LogP contribution in [0, 0.1) is 15.2 Å². The van der Waals surface area contributed by atoms with Gasteiger partial charge in [-0.25, -0.2) is 8.78 Å². The minimum Gasteiger partial charge on any atom is -0.313 e. The Morgan fingerprint density at radius 2 is 2.00 bits per heavy atom. The smallest absolute Gasteiger partial charge is 0.142 e. The second-order valence-electron chi connectivity index (χ2n) is 4.42. The molecule has 0 aromatic heterocycles. The van der Waals surface area contributed by atoms with E-state index in [1.807, 2.05) is 7.05 Å². The molecular weight excluding hydrogens is 395 g/mol. The lowest BCUT2D eigenvalue weighted by molar-refractivity contribution is 0.577. The molecule has 2 aromatic rings. The third-order valence-corrected chi connectivity index (χ3v) is 4.50. The highest BCUT2D eigenvalue weighted by atomic mass is 127. The number of benzene rings is 2. The molecule has 0 spiro atoms. The van der Waals surface area contributed by atoms with Crippen molar-refractivity contribution in [3.63, 3.8) is 0 Å². The van der Waals surface area contributed by atoms with Gasteiger partial charge in [0.25, 0.3) is 0 Å². The van der Waals surface area contributed by atoms with Crippen LogP contribution in [0.3, 0.4) is 0 Å². The third-order valence-electron chi connectivity index (χ3n) is 3.14. The van der Waals surface area contributed by atoms with Crippen LogP contribution >= 0.6 is 34.2 Å². The zero-order valence-electron chi connectivity index (χ0n) is 10.8. The summed E-state index contributed by atoms with van der Waals surface area (Å²) in [6, 6.07) is 9.36. The van der Waals surface area contributed by atoms with Crippen LogP contribution in [0.5, 0.6) is 0 Å². The monoisotopic (exact) mass is 407 g/mol. The fourth-order valence-electron chi connectivity index (χ4n) is 2.08. The lowest BCUT2D eigenvalue weighted by Gasteiger charge is -2.19. The van der Waals surface area contributed by atoms with Crippen LogP contribution in [0.4, 0.5) is 8.78 Å². The van der Waals surface area contributed by atoms with E-state index in [9.17, 15) is 8.78 Å². The van der Waals surface area contributed by atoms with Gasteiger partial charge in [0.05, 0.1) is 5.02 Å². The first-order chi connectivity index (χ1) is 9.52. The van der Waals surface area contributed by atoms with Crippen molar-refractivity contribution in [2.75, 3.05) is 7.05 Å². The SMILES string of the molecule is CNC(Cc1cccc(F)c1Cl)c1ccc(F)cc1I. The van der Waals surface area contributed by atoms with Gasteiger partial charge in [0.2, 0.25) is 0 Å². The summed E-state index contributed by atoms with van der Waals surface area (Å²) in [4.78, 5) is 0. The second-order valence-corrected chi connectivity index (χ2v) is 5.96. The van der Waals surface area contributed by atoms with Crippen molar-refractivity contribution in [2.24, 2.45) is 0 Å². The zero-order valence-corrected chi connectivity index (χ0v) is 13.7. The highest BCUT2D eigenvalue weighted by Crippen LogP contribution is 2.28. The van der Waals surface area contributed by atoms with Crippen LogP contribution in [0.1, 0.15) is 17.2 Å². The molecule has 0 aliphatic heterocycles. The van der Waals surface area contributed by atoms with Crippen LogP contribution in [0.15, 0.2) is 36.4 Å². The van der Waals surface area contributed by atoms with Crippen LogP contribution in [-0.4, -0.2) is 7.05 Å². The van der Waals surface area contributed by atoms with E-state index in [1.165, 1.54) is 18.2 Å². The molecule has 0 aliphatic carbocycles. The highest BCUT2D eigenvalue weighted by molar-refractivity contribution is 14.1. The average molecular weight is 408 g/mol. The van der Waals surface area contributed by atoms with E-state index in [0.29, 0.717) is 6.42 Å². The van der Waals surface area contributed by atoms with Gasteiger partial charge in [-0.15, -0.1) is 0 Å². The molecular formula is C15H13ClF2IN. The molecule has 0 fully saturated rings. The van der Waals surface area contributed by atoms with Crippen LogP contribution < -0.4 is 5.32 Å². The maximum atomic E-state index is 13.5. The van der Waals surface area contributed by atoms with E-state index in [1.54, 1.807) is 18.2 Å². The number of halogens is 4. The Labute approximate surface area is 135 Å². The van der Waals surface area contributed by atoms with Crippen molar-refractivity contribution in [2.45, 2.75) is 12.5 Å². The summed E-state index contributed by atoms with van der Waals surface area (Å²) in [6.07, 6.45) is 0.536. The van der Waals surface area contributed by atoms with Gasteiger partial charge in [-0.1, -0.05) is 29.8 Å². The molecule has 2 aromatic carbocycles. The summed E-state index contributed by atoms with van der Waals surface area (Å²) in [5.41, 5.74) is 1.70. The summed E-state index contributed by atoms with van der Waals surface area (Å²) < 4.78 is 27.5. The second kappa shape index (κ2) is 6.83. The van der Waals surface area contributed by atoms with Crippen molar-refractivity contribution >= 4 is 34.2 Å².